The first-order valence-corrected chi connectivity index (χ1v) is 8.65. The number of nitrogens with two attached hydrogens (primary N) is 1. The molecular weight excluding hydrogens is 360 g/mol. The first-order valence-electron chi connectivity index (χ1n) is 8.65. The summed E-state index contributed by atoms with van der Waals surface area (Å²) in [6.45, 7) is 7.13. The van der Waals surface area contributed by atoms with Crippen molar-refractivity contribution in [1.29, 1.82) is 0 Å². The summed E-state index contributed by atoms with van der Waals surface area (Å²) in [5, 5.41) is 12.0. The molecular formula is C15H28N6O6. The quantitative estimate of drug-likeness (QED) is 0.175. The molecule has 0 aromatic carbocycles. The minimum atomic E-state index is -0.812. The van der Waals surface area contributed by atoms with Gasteiger partial charge in [-0.3, -0.25) is 4.79 Å². The lowest BCUT2D eigenvalue weighted by molar-refractivity contribution is -0.525. The van der Waals surface area contributed by atoms with Gasteiger partial charge in [0.15, 0.2) is 5.03 Å². The van der Waals surface area contributed by atoms with Gasteiger partial charge in [-0.05, 0) is 33.6 Å². The number of morpholine rings is 1. The van der Waals surface area contributed by atoms with Crippen LogP contribution in [-0.4, -0.2) is 72.4 Å². The van der Waals surface area contributed by atoms with Crippen LogP contribution in [0.15, 0.2) is 4.99 Å². The number of guanidine groups is 1. The largest absolute Gasteiger partial charge is 0.444 e. The first-order chi connectivity index (χ1) is 12.6. The number of carbonyl (C=O) groups excluding carboxylic acids is 2. The minimum Gasteiger partial charge on any atom is -0.444 e. The standard InChI is InChI=1S/C15H28N6O6/c1-15(2,3)27-14(23)18-11(12(22)20-7-9-26-10-8-20)5-4-6-17-13(16)19-21(24)25/h11H,4-10H2,1-3H3,(H,18,23)(H3,16,17,19)/t11-/m0/s1. The summed E-state index contributed by atoms with van der Waals surface area (Å²) in [5.74, 6) is -0.555. The Bertz CT molecular complexity index is 555. The van der Waals surface area contributed by atoms with Gasteiger partial charge in [-0.15, -0.1) is 0 Å². The van der Waals surface area contributed by atoms with E-state index in [4.69, 9.17) is 15.2 Å². The zero-order valence-corrected chi connectivity index (χ0v) is 15.9. The molecule has 0 aliphatic carbocycles. The monoisotopic (exact) mass is 388 g/mol. The van der Waals surface area contributed by atoms with E-state index in [0.29, 0.717) is 32.7 Å². The molecule has 1 fully saturated rings. The number of hydrogen-bond donors (Lipinski definition) is 3. The number of amides is 2. The highest BCUT2D eigenvalue weighted by Gasteiger charge is 2.28. The summed E-state index contributed by atoms with van der Waals surface area (Å²) >= 11 is 0. The number of hydrazine groups is 1. The fraction of sp³-hybridized carbons (Fsp3) is 0.800. The number of alkyl carbamates (subject to hydrolysis) is 1. The molecule has 0 saturated carbocycles. The van der Waals surface area contributed by atoms with Gasteiger partial charge in [-0.25, -0.2) is 19.9 Å². The van der Waals surface area contributed by atoms with E-state index in [0.717, 1.165) is 0 Å². The number of hydrogen-bond acceptors (Lipinski definition) is 7. The summed E-state index contributed by atoms with van der Waals surface area (Å²) in [6.07, 6.45) is -0.0199. The van der Waals surface area contributed by atoms with Crippen LogP contribution in [0.4, 0.5) is 4.79 Å². The Morgan fingerprint density at radius 2 is 2.00 bits per heavy atom. The van der Waals surface area contributed by atoms with Crippen LogP contribution in [0.1, 0.15) is 33.6 Å². The third kappa shape index (κ3) is 9.58. The van der Waals surface area contributed by atoms with Gasteiger partial charge >= 0.3 is 6.09 Å². The Hall–Kier alpha value is -2.63. The number of carbonyl (C=O) groups is 2. The Morgan fingerprint density at radius 3 is 2.56 bits per heavy atom. The molecule has 2 amide bonds. The highest BCUT2D eigenvalue weighted by atomic mass is 16.7. The van der Waals surface area contributed by atoms with Gasteiger partial charge in [-0.2, -0.15) is 0 Å². The van der Waals surface area contributed by atoms with E-state index in [1.165, 1.54) is 0 Å². The zero-order chi connectivity index (χ0) is 20.4. The minimum absolute atomic E-state index is 0.162. The fourth-order valence-corrected chi connectivity index (χ4v) is 2.34. The fourth-order valence-electron chi connectivity index (χ4n) is 2.34. The summed E-state index contributed by atoms with van der Waals surface area (Å²) in [7, 11) is 0. The van der Waals surface area contributed by atoms with Gasteiger partial charge in [0.2, 0.25) is 5.91 Å². The maximum Gasteiger partial charge on any atom is 0.408 e. The molecule has 154 valence electrons. The maximum absolute atomic E-state index is 12.7. The topological polar surface area (TPSA) is 161 Å². The normalized spacial score (nSPS) is 16.4. The summed E-state index contributed by atoms with van der Waals surface area (Å²) in [6, 6.07) is -0.794. The third-order valence-corrected chi connectivity index (χ3v) is 3.45. The Balaban J connectivity index is 2.65. The van der Waals surface area contributed by atoms with Crippen LogP contribution in [-0.2, 0) is 14.3 Å². The van der Waals surface area contributed by atoms with Gasteiger partial charge in [0.05, 0.1) is 13.2 Å². The summed E-state index contributed by atoms with van der Waals surface area (Å²) < 4.78 is 10.4. The molecule has 1 aliphatic rings. The van der Waals surface area contributed by atoms with Crippen LogP contribution < -0.4 is 16.5 Å². The van der Waals surface area contributed by atoms with Gasteiger partial charge in [0, 0.05) is 19.6 Å². The van der Waals surface area contributed by atoms with Crippen molar-refractivity contribution in [3.63, 3.8) is 0 Å². The second-order valence-corrected chi connectivity index (χ2v) is 6.91. The predicted molar refractivity (Wildman–Crippen MR) is 96.4 cm³/mol. The lowest BCUT2D eigenvalue weighted by Gasteiger charge is -2.31. The number of rotatable bonds is 7. The molecule has 0 radical (unpaired) electrons. The second-order valence-electron chi connectivity index (χ2n) is 6.91. The molecule has 0 aromatic heterocycles. The van der Waals surface area contributed by atoms with Crippen LogP contribution in [0.2, 0.25) is 0 Å². The Labute approximate surface area is 157 Å². The van der Waals surface area contributed by atoms with Crippen molar-refractivity contribution < 1.29 is 24.1 Å². The molecule has 1 rings (SSSR count). The van der Waals surface area contributed by atoms with Crippen molar-refractivity contribution in [2.75, 3.05) is 32.8 Å². The van der Waals surface area contributed by atoms with Crippen molar-refractivity contribution in [3.8, 4) is 0 Å². The predicted octanol–water partition coefficient (Wildman–Crippen LogP) is -0.385. The Morgan fingerprint density at radius 1 is 1.37 bits per heavy atom. The number of nitro groups is 1. The van der Waals surface area contributed by atoms with Crippen molar-refractivity contribution in [1.82, 2.24) is 15.6 Å². The van der Waals surface area contributed by atoms with Gasteiger partial charge in [0.1, 0.15) is 11.6 Å². The van der Waals surface area contributed by atoms with Crippen LogP contribution in [0, 0.1) is 10.1 Å². The summed E-state index contributed by atoms with van der Waals surface area (Å²) in [5.41, 5.74) is 6.38. The summed E-state index contributed by atoms with van der Waals surface area (Å²) in [4.78, 5) is 40.5. The third-order valence-electron chi connectivity index (χ3n) is 3.45. The highest BCUT2D eigenvalue weighted by Crippen LogP contribution is 2.10. The number of nitrogens with zero attached hydrogens (tertiary/aromatic N) is 3. The molecule has 12 heteroatoms. The van der Waals surface area contributed by atoms with Crippen molar-refractivity contribution >= 4 is 18.0 Å². The van der Waals surface area contributed by atoms with Gasteiger partial charge < -0.3 is 25.4 Å². The van der Waals surface area contributed by atoms with E-state index in [9.17, 15) is 19.7 Å². The van der Waals surface area contributed by atoms with Crippen LogP contribution in [0.25, 0.3) is 0 Å². The van der Waals surface area contributed by atoms with E-state index < -0.39 is 22.8 Å². The second kappa shape index (κ2) is 10.5. The van der Waals surface area contributed by atoms with Gasteiger partial charge in [0.25, 0.3) is 5.96 Å². The van der Waals surface area contributed by atoms with E-state index in [1.54, 1.807) is 31.1 Å². The molecule has 1 aliphatic heterocycles. The van der Waals surface area contributed by atoms with E-state index in [1.807, 2.05) is 0 Å². The first kappa shape index (κ1) is 22.4. The van der Waals surface area contributed by atoms with E-state index >= 15 is 0 Å². The highest BCUT2D eigenvalue weighted by molar-refractivity contribution is 5.85. The molecule has 4 N–H and O–H groups in total. The van der Waals surface area contributed by atoms with Gasteiger partial charge in [-0.1, -0.05) is 5.43 Å². The van der Waals surface area contributed by atoms with Crippen molar-refractivity contribution in [2.24, 2.45) is 10.7 Å². The molecule has 27 heavy (non-hydrogen) atoms. The van der Waals surface area contributed by atoms with E-state index in [2.05, 4.69) is 10.3 Å². The zero-order valence-electron chi connectivity index (χ0n) is 15.9. The molecule has 12 nitrogen and oxygen atoms in total. The molecule has 0 unspecified atom stereocenters. The number of aliphatic imine (C=N–C) groups is 1. The number of nitrogens with one attached hydrogen (secondary N) is 2. The molecule has 0 aromatic rings. The van der Waals surface area contributed by atoms with Crippen molar-refractivity contribution in [2.45, 2.75) is 45.3 Å². The average Bonchev–Trinajstić information content (AvgIpc) is 2.55. The number of ether oxygens (including phenoxy) is 2. The molecule has 1 atom stereocenters. The average molecular weight is 388 g/mol. The smallest absolute Gasteiger partial charge is 0.408 e. The van der Waals surface area contributed by atoms with Crippen molar-refractivity contribution in [3.05, 3.63) is 10.1 Å². The molecule has 1 saturated heterocycles. The molecule has 0 bridgehead atoms. The lowest BCUT2D eigenvalue weighted by atomic mass is 10.1. The van der Waals surface area contributed by atoms with Crippen LogP contribution in [0.5, 0.6) is 0 Å². The van der Waals surface area contributed by atoms with Crippen LogP contribution in [0.3, 0.4) is 0 Å². The lowest BCUT2D eigenvalue weighted by Crippen LogP contribution is -2.52. The molecule has 1 heterocycles. The SMILES string of the molecule is CC(C)(C)OC(=O)N[C@@H](CCCN=C(N)N[N+](=O)[O-])C(=O)N1CCOCC1. The van der Waals surface area contributed by atoms with Crippen LogP contribution >= 0.6 is 0 Å². The van der Waals surface area contributed by atoms with E-state index in [-0.39, 0.29) is 24.8 Å². The maximum atomic E-state index is 12.7. The molecule has 0 spiro atoms. The Kier molecular flexibility index (Phi) is 8.72.